The normalized spacial score (nSPS) is 10.4. The number of carboxylic acids is 1. The van der Waals surface area contributed by atoms with Gasteiger partial charge in [-0.25, -0.2) is 4.79 Å². The number of rotatable bonds is 5. The zero-order chi connectivity index (χ0) is 17.3. The first-order chi connectivity index (χ1) is 10.8. The largest absolute Gasteiger partial charge is 0.481 e. The summed E-state index contributed by atoms with van der Waals surface area (Å²) in [6.45, 7) is 5.82. The third kappa shape index (κ3) is 8.52. The summed E-state index contributed by atoms with van der Waals surface area (Å²) in [5, 5.41) is 11.4. The molecule has 23 heavy (non-hydrogen) atoms. The molecule has 2 N–H and O–H groups in total. The number of hydrogen-bond acceptors (Lipinski definition) is 3. The number of hydrogen-bond donors (Lipinski definition) is 2. The highest BCUT2D eigenvalue weighted by Crippen LogP contribution is 2.10. The van der Waals surface area contributed by atoms with Crippen LogP contribution in [0.5, 0.6) is 0 Å². The number of aliphatic carboxylic acids is 1. The number of carboxylic acid groups (broad SMARTS) is 1. The second-order valence-corrected chi connectivity index (χ2v) is 6.03. The number of carbonyl (C=O) groups excluding carboxylic acids is 1. The van der Waals surface area contributed by atoms with E-state index < -0.39 is 17.7 Å². The molecule has 124 valence electrons. The Morgan fingerprint density at radius 1 is 1.26 bits per heavy atom. The first-order valence-electron chi connectivity index (χ1n) is 7.53. The molecular weight excluding hydrogens is 294 g/mol. The molecule has 1 amide bonds. The fourth-order valence-corrected chi connectivity index (χ4v) is 1.80. The molecule has 0 aliphatic carbocycles. The average Bonchev–Trinajstić information content (AvgIpc) is 2.43. The summed E-state index contributed by atoms with van der Waals surface area (Å²) in [5.74, 6) is 5.18. The van der Waals surface area contributed by atoms with E-state index in [0.29, 0.717) is 19.4 Å². The summed E-state index contributed by atoms with van der Waals surface area (Å²) < 4.78 is 5.12. The maximum atomic E-state index is 11.5. The Balaban J connectivity index is 2.48. The minimum Gasteiger partial charge on any atom is -0.481 e. The Hall–Kier alpha value is -2.48. The Bertz CT molecular complexity index is 605. The smallest absolute Gasteiger partial charge is 0.407 e. The molecule has 0 heterocycles. The van der Waals surface area contributed by atoms with Crippen LogP contribution < -0.4 is 5.32 Å². The van der Waals surface area contributed by atoms with Gasteiger partial charge in [0.15, 0.2) is 0 Å². The Kier molecular flexibility index (Phi) is 7.14. The summed E-state index contributed by atoms with van der Waals surface area (Å²) in [6.07, 6.45) is 0.572. The van der Waals surface area contributed by atoms with E-state index >= 15 is 0 Å². The highest BCUT2D eigenvalue weighted by atomic mass is 16.6. The Morgan fingerprint density at radius 2 is 1.96 bits per heavy atom. The van der Waals surface area contributed by atoms with Crippen molar-refractivity contribution in [2.45, 2.75) is 45.6 Å². The van der Waals surface area contributed by atoms with E-state index in [1.54, 1.807) is 20.8 Å². The maximum Gasteiger partial charge on any atom is 0.407 e. The van der Waals surface area contributed by atoms with Crippen molar-refractivity contribution in [3.8, 4) is 11.8 Å². The predicted octanol–water partition coefficient (Wildman–Crippen LogP) is 2.97. The molecule has 5 heteroatoms. The molecule has 0 saturated heterocycles. The van der Waals surface area contributed by atoms with Crippen molar-refractivity contribution in [1.29, 1.82) is 0 Å². The minimum absolute atomic E-state index is 0.0822. The number of aryl methyl sites for hydroxylation is 1. The standard InChI is InChI=1S/C18H23NO4/c1-18(2,3)23-17(22)19-13-7-6-10-14-8-4-5-9-15(14)11-12-16(20)21/h4-5,8-9H,7,11-13H2,1-3H3,(H,19,22)(H,20,21). The maximum absolute atomic E-state index is 11.5. The second-order valence-electron chi connectivity index (χ2n) is 6.03. The zero-order valence-corrected chi connectivity index (χ0v) is 13.8. The average molecular weight is 317 g/mol. The van der Waals surface area contributed by atoms with Gasteiger partial charge < -0.3 is 15.2 Å². The van der Waals surface area contributed by atoms with Gasteiger partial charge in [0.1, 0.15) is 5.60 Å². The van der Waals surface area contributed by atoms with Gasteiger partial charge in [-0.2, -0.15) is 0 Å². The lowest BCUT2D eigenvalue weighted by molar-refractivity contribution is -0.136. The van der Waals surface area contributed by atoms with Crippen LogP contribution in [-0.4, -0.2) is 29.3 Å². The van der Waals surface area contributed by atoms with E-state index in [2.05, 4.69) is 17.2 Å². The van der Waals surface area contributed by atoms with Gasteiger partial charge in [0.05, 0.1) is 0 Å². The van der Waals surface area contributed by atoms with Crippen LogP contribution in [0.1, 0.15) is 44.7 Å². The van der Waals surface area contributed by atoms with Gasteiger partial charge in [-0.1, -0.05) is 30.0 Å². The van der Waals surface area contributed by atoms with Crippen molar-refractivity contribution in [3.63, 3.8) is 0 Å². The number of nitrogens with one attached hydrogen (secondary N) is 1. The van der Waals surface area contributed by atoms with Gasteiger partial charge in [-0.05, 0) is 38.8 Å². The molecule has 0 aliphatic heterocycles. The van der Waals surface area contributed by atoms with Gasteiger partial charge in [0, 0.05) is 24.9 Å². The molecule has 0 fully saturated rings. The van der Waals surface area contributed by atoms with E-state index in [0.717, 1.165) is 11.1 Å². The molecule has 0 spiro atoms. The van der Waals surface area contributed by atoms with Crippen LogP contribution in [0.25, 0.3) is 0 Å². The molecular formula is C18H23NO4. The Labute approximate surface area is 137 Å². The van der Waals surface area contributed by atoms with Gasteiger partial charge in [0.2, 0.25) is 0 Å². The summed E-state index contributed by atoms with van der Waals surface area (Å²) in [5.41, 5.74) is 1.23. The van der Waals surface area contributed by atoms with Crippen molar-refractivity contribution in [2.75, 3.05) is 6.54 Å². The van der Waals surface area contributed by atoms with Crippen LogP contribution in [0, 0.1) is 11.8 Å². The minimum atomic E-state index is -0.825. The second kappa shape index (κ2) is 8.84. The fraction of sp³-hybridized carbons (Fsp3) is 0.444. The van der Waals surface area contributed by atoms with E-state index in [1.807, 2.05) is 24.3 Å². The molecule has 0 aromatic heterocycles. The quantitative estimate of drug-likeness (QED) is 0.646. The molecule has 1 aromatic rings. The van der Waals surface area contributed by atoms with Gasteiger partial charge in [-0.15, -0.1) is 0 Å². The third-order valence-electron chi connectivity index (χ3n) is 2.77. The highest BCUT2D eigenvalue weighted by molar-refractivity contribution is 5.68. The molecule has 1 rings (SSSR count). The van der Waals surface area contributed by atoms with Crippen LogP contribution in [0.15, 0.2) is 24.3 Å². The number of amides is 1. The molecule has 0 saturated carbocycles. The van der Waals surface area contributed by atoms with E-state index in [1.165, 1.54) is 0 Å². The first-order valence-corrected chi connectivity index (χ1v) is 7.53. The van der Waals surface area contributed by atoms with Crippen molar-refractivity contribution >= 4 is 12.1 Å². The third-order valence-corrected chi connectivity index (χ3v) is 2.77. The van der Waals surface area contributed by atoms with Crippen LogP contribution in [0.3, 0.4) is 0 Å². The lowest BCUT2D eigenvalue weighted by Gasteiger charge is -2.19. The van der Waals surface area contributed by atoms with Crippen molar-refractivity contribution < 1.29 is 19.4 Å². The number of benzene rings is 1. The molecule has 1 aromatic carbocycles. The number of alkyl carbamates (subject to hydrolysis) is 1. The molecule has 0 bridgehead atoms. The van der Waals surface area contributed by atoms with Crippen molar-refractivity contribution in [3.05, 3.63) is 35.4 Å². The predicted molar refractivity (Wildman–Crippen MR) is 88.1 cm³/mol. The van der Waals surface area contributed by atoms with Crippen LogP contribution in [0.4, 0.5) is 4.79 Å². The zero-order valence-electron chi connectivity index (χ0n) is 13.8. The number of ether oxygens (including phenoxy) is 1. The molecule has 0 atom stereocenters. The van der Waals surface area contributed by atoms with Crippen LogP contribution in [-0.2, 0) is 16.0 Å². The van der Waals surface area contributed by atoms with Gasteiger partial charge in [0.25, 0.3) is 0 Å². The topological polar surface area (TPSA) is 75.6 Å². The van der Waals surface area contributed by atoms with E-state index in [9.17, 15) is 9.59 Å². The van der Waals surface area contributed by atoms with Crippen LogP contribution in [0.2, 0.25) is 0 Å². The SMILES string of the molecule is CC(C)(C)OC(=O)NCCC#Cc1ccccc1CCC(=O)O. The fourth-order valence-electron chi connectivity index (χ4n) is 1.80. The highest BCUT2D eigenvalue weighted by Gasteiger charge is 2.15. The Morgan fingerprint density at radius 3 is 2.61 bits per heavy atom. The first kappa shape index (κ1) is 18.6. The molecule has 0 aliphatic rings. The molecule has 0 radical (unpaired) electrons. The van der Waals surface area contributed by atoms with Gasteiger partial charge in [-0.3, -0.25) is 4.79 Å². The number of carbonyl (C=O) groups is 2. The lowest BCUT2D eigenvalue weighted by atomic mass is 10.0. The summed E-state index contributed by atoms with van der Waals surface area (Å²) in [7, 11) is 0. The lowest BCUT2D eigenvalue weighted by Crippen LogP contribution is -2.32. The summed E-state index contributed by atoms with van der Waals surface area (Å²) in [6, 6.07) is 7.48. The van der Waals surface area contributed by atoms with Crippen molar-refractivity contribution in [2.24, 2.45) is 0 Å². The van der Waals surface area contributed by atoms with E-state index in [4.69, 9.17) is 9.84 Å². The van der Waals surface area contributed by atoms with Gasteiger partial charge >= 0.3 is 12.1 Å². The van der Waals surface area contributed by atoms with Crippen LogP contribution >= 0.6 is 0 Å². The van der Waals surface area contributed by atoms with E-state index in [-0.39, 0.29) is 6.42 Å². The summed E-state index contributed by atoms with van der Waals surface area (Å²) >= 11 is 0. The monoisotopic (exact) mass is 317 g/mol. The molecule has 5 nitrogen and oxygen atoms in total. The molecule has 0 unspecified atom stereocenters. The summed E-state index contributed by atoms with van der Waals surface area (Å²) in [4.78, 5) is 22.1. The van der Waals surface area contributed by atoms with Crippen molar-refractivity contribution in [1.82, 2.24) is 5.32 Å².